The Morgan fingerprint density at radius 2 is 1.81 bits per heavy atom. The van der Waals surface area contributed by atoms with Crippen LogP contribution in [0.25, 0.3) is 28.0 Å². The molecule has 0 bridgehead atoms. The molecular formula is C33H35ClN6O3. The highest BCUT2D eigenvalue weighted by atomic mass is 35.5. The molecule has 1 aromatic carbocycles. The summed E-state index contributed by atoms with van der Waals surface area (Å²) >= 11 is 6.94. The van der Waals surface area contributed by atoms with Gasteiger partial charge in [-0.05, 0) is 57.4 Å². The number of piperazine rings is 1. The number of aromatic nitrogens is 4. The van der Waals surface area contributed by atoms with Gasteiger partial charge in [-0.15, -0.1) is 0 Å². The Balaban J connectivity index is 1.85. The van der Waals surface area contributed by atoms with E-state index in [1.165, 1.54) is 17.6 Å². The Morgan fingerprint density at radius 3 is 2.49 bits per heavy atom. The summed E-state index contributed by atoms with van der Waals surface area (Å²) in [5, 5.41) is 0.900. The Labute approximate surface area is 255 Å². The molecule has 0 aliphatic carbocycles. The summed E-state index contributed by atoms with van der Waals surface area (Å²) in [6, 6.07) is 10.5. The Kier molecular flexibility index (Phi) is 8.21. The standard InChI is InChI=1S/C33H35ClN6O3/c1-8-27(42)38-16-21(6)39(17-20(38)5)31-25-15-26(34)29(24-12-10-9-11-23(24)22(7)41)36-32(25)40(33(43)37-31)30-19(4)13-14-35-28(30)18(2)3/h8-15,18,20-21H,1,16-17H2,2-7H3/t20-,21+/m1/s1. The maximum atomic E-state index is 14.1. The normalized spacial score (nSPS) is 17.0. The van der Waals surface area contributed by atoms with Crippen molar-refractivity contribution in [3.8, 4) is 16.9 Å². The smallest absolute Gasteiger partial charge is 0.349 e. The maximum absolute atomic E-state index is 14.1. The second-order valence-electron chi connectivity index (χ2n) is 11.4. The lowest BCUT2D eigenvalue weighted by Gasteiger charge is -2.44. The van der Waals surface area contributed by atoms with Crippen LogP contribution >= 0.6 is 11.6 Å². The average Bonchev–Trinajstić information content (AvgIpc) is 2.97. The molecule has 1 aliphatic rings. The summed E-state index contributed by atoms with van der Waals surface area (Å²) in [6.07, 6.45) is 3.05. The van der Waals surface area contributed by atoms with Crippen molar-refractivity contribution in [1.82, 2.24) is 24.4 Å². The molecule has 1 aliphatic heterocycles. The van der Waals surface area contributed by atoms with Gasteiger partial charge < -0.3 is 9.80 Å². The van der Waals surface area contributed by atoms with Crippen molar-refractivity contribution in [2.45, 2.75) is 59.5 Å². The van der Waals surface area contributed by atoms with Crippen LogP contribution < -0.4 is 10.6 Å². The van der Waals surface area contributed by atoms with E-state index in [0.717, 1.165) is 11.3 Å². The van der Waals surface area contributed by atoms with Gasteiger partial charge in [0.1, 0.15) is 5.82 Å². The van der Waals surface area contributed by atoms with Gasteiger partial charge in [0.25, 0.3) is 0 Å². The summed E-state index contributed by atoms with van der Waals surface area (Å²) in [5.41, 5.74) is 3.49. The fourth-order valence-electron chi connectivity index (χ4n) is 5.84. The monoisotopic (exact) mass is 598 g/mol. The number of nitrogens with zero attached hydrogens (tertiary/aromatic N) is 6. The second kappa shape index (κ2) is 11.7. The minimum atomic E-state index is -0.509. The number of ketones is 1. The first-order chi connectivity index (χ1) is 20.4. The van der Waals surface area contributed by atoms with Gasteiger partial charge >= 0.3 is 5.69 Å². The van der Waals surface area contributed by atoms with Gasteiger partial charge in [0.15, 0.2) is 11.4 Å². The molecule has 0 unspecified atom stereocenters. The molecule has 222 valence electrons. The van der Waals surface area contributed by atoms with Crippen molar-refractivity contribution >= 4 is 40.1 Å². The van der Waals surface area contributed by atoms with E-state index < -0.39 is 5.69 Å². The number of hydrogen-bond donors (Lipinski definition) is 0. The first kappa shape index (κ1) is 30.1. The van der Waals surface area contributed by atoms with Gasteiger partial charge in [-0.3, -0.25) is 14.6 Å². The molecule has 0 radical (unpaired) electrons. The van der Waals surface area contributed by atoms with E-state index in [9.17, 15) is 14.4 Å². The van der Waals surface area contributed by atoms with Crippen molar-refractivity contribution in [2.24, 2.45) is 0 Å². The molecule has 0 N–H and O–H groups in total. The van der Waals surface area contributed by atoms with Crippen LogP contribution in [0.3, 0.4) is 0 Å². The van der Waals surface area contributed by atoms with Crippen LogP contribution in [0.4, 0.5) is 5.82 Å². The van der Waals surface area contributed by atoms with E-state index in [0.29, 0.717) is 57.5 Å². The van der Waals surface area contributed by atoms with Crippen LogP contribution in [0.2, 0.25) is 5.02 Å². The number of pyridine rings is 2. The lowest BCUT2D eigenvalue weighted by atomic mass is 10.0. The lowest BCUT2D eigenvalue weighted by Crippen LogP contribution is -2.58. The Bertz CT molecular complexity index is 1830. The lowest BCUT2D eigenvalue weighted by molar-refractivity contribution is -0.128. The summed E-state index contributed by atoms with van der Waals surface area (Å²) in [5.74, 6) is 0.188. The van der Waals surface area contributed by atoms with Crippen molar-refractivity contribution in [2.75, 3.05) is 18.0 Å². The van der Waals surface area contributed by atoms with Crippen LogP contribution in [0.15, 0.2) is 60.0 Å². The molecule has 3 aromatic heterocycles. The van der Waals surface area contributed by atoms with Gasteiger partial charge in [-0.2, -0.15) is 4.98 Å². The zero-order valence-corrected chi connectivity index (χ0v) is 26.0. The number of carbonyl (C=O) groups is 2. The third-order valence-electron chi connectivity index (χ3n) is 8.00. The zero-order valence-electron chi connectivity index (χ0n) is 25.3. The Morgan fingerprint density at radius 1 is 1.09 bits per heavy atom. The SMILES string of the molecule is C=CC(=O)N1C[C@H](C)N(c2nc(=O)n(-c3c(C)ccnc3C(C)C)c3nc(-c4ccccc4C(C)=O)c(Cl)cc23)C[C@H]1C. The van der Waals surface area contributed by atoms with E-state index in [-0.39, 0.29) is 29.7 Å². The summed E-state index contributed by atoms with van der Waals surface area (Å²) < 4.78 is 1.51. The number of carbonyl (C=O) groups excluding carboxylic acids is 2. The molecule has 43 heavy (non-hydrogen) atoms. The largest absolute Gasteiger partial charge is 0.355 e. The predicted molar refractivity (Wildman–Crippen MR) is 170 cm³/mol. The number of halogens is 1. The minimum Gasteiger partial charge on any atom is -0.349 e. The van der Waals surface area contributed by atoms with Crippen molar-refractivity contribution in [1.29, 1.82) is 0 Å². The van der Waals surface area contributed by atoms with Crippen LogP contribution in [0, 0.1) is 6.92 Å². The molecule has 1 fully saturated rings. The number of rotatable bonds is 6. The molecule has 10 heteroatoms. The summed E-state index contributed by atoms with van der Waals surface area (Å²) in [4.78, 5) is 57.3. The van der Waals surface area contributed by atoms with Gasteiger partial charge in [-0.25, -0.2) is 14.3 Å². The number of anilines is 1. The van der Waals surface area contributed by atoms with Gasteiger partial charge in [0.05, 0.1) is 27.5 Å². The van der Waals surface area contributed by atoms with E-state index in [1.807, 2.05) is 51.7 Å². The minimum absolute atomic E-state index is 0.0121. The van der Waals surface area contributed by atoms with E-state index in [1.54, 1.807) is 35.4 Å². The molecule has 4 aromatic rings. The molecule has 2 atom stereocenters. The quantitative estimate of drug-likeness (QED) is 0.206. The number of amides is 1. The zero-order chi connectivity index (χ0) is 31.2. The van der Waals surface area contributed by atoms with Crippen LogP contribution in [0.1, 0.15) is 62.2 Å². The van der Waals surface area contributed by atoms with Crippen molar-refractivity contribution < 1.29 is 9.59 Å². The molecular weight excluding hydrogens is 564 g/mol. The van der Waals surface area contributed by atoms with Gasteiger partial charge in [0.2, 0.25) is 5.91 Å². The molecule has 9 nitrogen and oxygen atoms in total. The molecule has 5 rings (SSSR count). The predicted octanol–water partition coefficient (Wildman–Crippen LogP) is 5.74. The number of aryl methyl sites for hydroxylation is 1. The summed E-state index contributed by atoms with van der Waals surface area (Å²) in [6.45, 7) is 15.9. The summed E-state index contributed by atoms with van der Waals surface area (Å²) in [7, 11) is 0. The first-order valence-corrected chi connectivity index (χ1v) is 14.7. The van der Waals surface area contributed by atoms with E-state index >= 15 is 0 Å². The molecule has 1 amide bonds. The third-order valence-corrected chi connectivity index (χ3v) is 8.29. The van der Waals surface area contributed by atoms with E-state index in [4.69, 9.17) is 16.6 Å². The highest BCUT2D eigenvalue weighted by molar-refractivity contribution is 6.34. The van der Waals surface area contributed by atoms with Crippen LogP contribution in [0.5, 0.6) is 0 Å². The second-order valence-corrected chi connectivity index (χ2v) is 11.8. The number of hydrogen-bond acceptors (Lipinski definition) is 7. The number of Topliss-reactive ketones (excluding diaryl/α,β-unsaturated/α-hetero) is 1. The average molecular weight is 599 g/mol. The fraction of sp³-hybridized carbons (Fsp3) is 0.333. The molecule has 4 heterocycles. The van der Waals surface area contributed by atoms with Crippen LogP contribution in [-0.4, -0.2) is 61.3 Å². The molecule has 0 saturated carbocycles. The van der Waals surface area contributed by atoms with E-state index in [2.05, 4.69) is 16.5 Å². The fourth-order valence-corrected chi connectivity index (χ4v) is 6.10. The highest BCUT2D eigenvalue weighted by Gasteiger charge is 2.34. The molecule has 0 spiro atoms. The Hall–Kier alpha value is -4.37. The van der Waals surface area contributed by atoms with Gasteiger partial charge in [0, 0.05) is 42.5 Å². The van der Waals surface area contributed by atoms with Crippen LogP contribution in [-0.2, 0) is 4.79 Å². The highest BCUT2D eigenvalue weighted by Crippen LogP contribution is 2.37. The molecule has 1 saturated heterocycles. The van der Waals surface area contributed by atoms with Crippen molar-refractivity contribution in [3.63, 3.8) is 0 Å². The first-order valence-electron chi connectivity index (χ1n) is 14.3. The van der Waals surface area contributed by atoms with Gasteiger partial charge in [-0.1, -0.05) is 56.3 Å². The number of benzene rings is 1. The third kappa shape index (κ3) is 5.33. The maximum Gasteiger partial charge on any atom is 0.355 e. The van der Waals surface area contributed by atoms with Crippen molar-refractivity contribution in [3.05, 3.63) is 87.6 Å². The topological polar surface area (TPSA) is 101 Å². The number of fused-ring (bicyclic) bond motifs is 1.